The van der Waals surface area contributed by atoms with Crippen LogP contribution in [0.3, 0.4) is 0 Å². The Hall–Kier alpha value is -2.68. The third kappa shape index (κ3) is 5.33. The number of likely N-dealkylation sites (tertiary alicyclic amines) is 1. The van der Waals surface area contributed by atoms with Gasteiger partial charge in [-0.25, -0.2) is 4.99 Å². The number of β-amino-alcohol motifs (C(OH)–C–C–N with tert-alkyl or cyclic N) is 1. The number of nitrogens with zero attached hydrogens (tertiary/aromatic N) is 3. The maximum atomic E-state index is 11.7. The number of hydrogen-bond donors (Lipinski definition) is 3. The van der Waals surface area contributed by atoms with E-state index in [1.165, 1.54) is 0 Å². The Morgan fingerprint density at radius 3 is 2.94 bits per heavy atom. The Kier molecular flexibility index (Phi) is 6.70. The van der Waals surface area contributed by atoms with E-state index in [9.17, 15) is 9.90 Å². The molecule has 1 aromatic heterocycles. The normalized spacial score (nSPS) is 21.1. The van der Waals surface area contributed by atoms with Gasteiger partial charge in [0.15, 0.2) is 0 Å². The largest absolute Gasteiger partial charge is 0.391 e. The molecule has 3 N–H and O–H groups in total. The van der Waals surface area contributed by atoms with Crippen molar-refractivity contribution in [2.45, 2.75) is 32.0 Å². The van der Waals surface area contributed by atoms with Crippen molar-refractivity contribution in [1.82, 2.24) is 14.8 Å². The molecule has 0 bridgehead atoms. The predicted molar refractivity (Wildman–Crippen MR) is 124 cm³/mol. The van der Waals surface area contributed by atoms with Crippen LogP contribution in [0.4, 0.5) is 5.69 Å². The molecule has 2 atom stereocenters. The van der Waals surface area contributed by atoms with Gasteiger partial charge in [0.05, 0.1) is 25.5 Å². The molecule has 2 saturated heterocycles. The summed E-state index contributed by atoms with van der Waals surface area (Å²) < 4.78 is 5.52. The molecular formula is C23H31N5O3. The molecule has 166 valence electrons. The number of aromatic nitrogens is 1. The number of fused-ring (bicyclic) bond motifs is 1. The van der Waals surface area contributed by atoms with Crippen LogP contribution in [-0.4, -0.2) is 77.8 Å². The SMILES string of the molecule is C=C(N=CCC(Nc1ccc2[nH]c(=O)cc(C)c2c1)N1CCOCC1)N1CCC(O)C1. The van der Waals surface area contributed by atoms with Crippen LogP contribution < -0.4 is 10.9 Å². The molecule has 3 heterocycles. The predicted octanol–water partition coefficient (Wildman–Crippen LogP) is 1.91. The minimum absolute atomic E-state index is 0.0603. The highest BCUT2D eigenvalue weighted by Gasteiger charge is 2.22. The summed E-state index contributed by atoms with van der Waals surface area (Å²) in [5.41, 5.74) is 2.70. The average Bonchev–Trinajstić information content (AvgIpc) is 3.20. The summed E-state index contributed by atoms with van der Waals surface area (Å²) >= 11 is 0. The van der Waals surface area contributed by atoms with Crippen molar-refractivity contribution < 1.29 is 9.84 Å². The molecule has 0 aliphatic carbocycles. The second kappa shape index (κ2) is 9.64. The van der Waals surface area contributed by atoms with Crippen molar-refractivity contribution in [3.8, 4) is 0 Å². The van der Waals surface area contributed by atoms with Crippen LogP contribution >= 0.6 is 0 Å². The Labute approximate surface area is 182 Å². The van der Waals surface area contributed by atoms with Gasteiger partial charge < -0.3 is 25.0 Å². The summed E-state index contributed by atoms with van der Waals surface area (Å²) in [6.45, 7) is 10.5. The zero-order valence-electron chi connectivity index (χ0n) is 18.0. The van der Waals surface area contributed by atoms with Gasteiger partial charge in [0.25, 0.3) is 0 Å². The first-order valence-electron chi connectivity index (χ1n) is 10.9. The van der Waals surface area contributed by atoms with Gasteiger partial charge in [0.1, 0.15) is 5.82 Å². The molecule has 4 rings (SSSR count). The van der Waals surface area contributed by atoms with Crippen LogP contribution in [0.15, 0.2) is 46.5 Å². The molecule has 8 nitrogen and oxygen atoms in total. The van der Waals surface area contributed by atoms with E-state index in [1.54, 1.807) is 6.07 Å². The topological polar surface area (TPSA) is 93.2 Å². The first-order chi connectivity index (χ1) is 15.0. The zero-order chi connectivity index (χ0) is 21.8. The maximum Gasteiger partial charge on any atom is 0.248 e. The lowest BCUT2D eigenvalue weighted by Crippen LogP contribution is -2.47. The fourth-order valence-corrected chi connectivity index (χ4v) is 4.21. The van der Waals surface area contributed by atoms with Gasteiger partial charge in [0, 0.05) is 61.5 Å². The van der Waals surface area contributed by atoms with Gasteiger partial charge >= 0.3 is 0 Å². The summed E-state index contributed by atoms with van der Waals surface area (Å²) in [5, 5.41) is 14.4. The van der Waals surface area contributed by atoms with Crippen molar-refractivity contribution in [2.75, 3.05) is 44.7 Å². The Bertz CT molecular complexity index is 1010. The highest BCUT2D eigenvalue weighted by Crippen LogP contribution is 2.22. The van der Waals surface area contributed by atoms with Gasteiger partial charge in [-0.1, -0.05) is 6.58 Å². The fraction of sp³-hybridized carbons (Fsp3) is 0.478. The minimum Gasteiger partial charge on any atom is -0.391 e. The number of aromatic amines is 1. The van der Waals surface area contributed by atoms with E-state index in [2.05, 4.69) is 32.8 Å². The maximum absolute atomic E-state index is 11.7. The molecular weight excluding hydrogens is 394 g/mol. The van der Waals surface area contributed by atoms with E-state index in [0.29, 0.717) is 32.0 Å². The number of H-pyrrole nitrogens is 1. The molecule has 0 amide bonds. The van der Waals surface area contributed by atoms with Gasteiger partial charge in [-0.3, -0.25) is 9.69 Å². The van der Waals surface area contributed by atoms with Gasteiger partial charge in [-0.05, 0) is 37.1 Å². The molecule has 0 spiro atoms. The number of aliphatic imine (C=N–C) groups is 1. The van der Waals surface area contributed by atoms with E-state index >= 15 is 0 Å². The zero-order valence-corrected chi connectivity index (χ0v) is 18.0. The molecule has 8 heteroatoms. The van der Waals surface area contributed by atoms with Crippen LogP contribution in [-0.2, 0) is 4.74 Å². The lowest BCUT2D eigenvalue weighted by molar-refractivity contribution is 0.0235. The summed E-state index contributed by atoms with van der Waals surface area (Å²) in [5.74, 6) is 0.697. The van der Waals surface area contributed by atoms with Crippen LogP contribution in [0.2, 0.25) is 0 Å². The number of aliphatic hydroxyl groups is 1. The summed E-state index contributed by atoms with van der Waals surface area (Å²) in [6.07, 6.45) is 3.15. The van der Waals surface area contributed by atoms with Gasteiger partial charge in [-0.15, -0.1) is 0 Å². The van der Waals surface area contributed by atoms with Crippen molar-refractivity contribution in [2.24, 2.45) is 4.99 Å². The average molecular weight is 426 g/mol. The van der Waals surface area contributed by atoms with E-state index in [4.69, 9.17) is 4.74 Å². The lowest BCUT2D eigenvalue weighted by Gasteiger charge is -2.35. The van der Waals surface area contributed by atoms with Crippen molar-refractivity contribution in [3.63, 3.8) is 0 Å². The van der Waals surface area contributed by atoms with Crippen LogP contribution in [0.1, 0.15) is 18.4 Å². The molecule has 2 aliphatic heterocycles. The van der Waals surface area contributed by atoms with Crippen molar-refractivity contribution in [1.29, 1.82) is 0 Å². The highest BCUT2D eigenvalue weighted by atomic mass is 16.5. The van der Waals surface area contributed by atoms with Gasteiger partial charge in [-0.2, -0.15) is 0 Å². The molecule has 2 aromatic rings. The van der Waals surface area contributed by atoms with E-state index in [-0.39, 0.29) is 17.8 Å². The number of anilines is 1. The van der Waals surface area contributed by atoms with Crippen LogP contribution in [0, 0.1) is 6.92 Å². The number of ether oxygens (including phenoxy) is 1. The summed E-state index contributed by atoms with van der Waals surface area (Å²) in [4.78, 5) is 23.5. The molecule has 0 saturated carbocycles. The Morgan fingerprint density at radius 2 is 2.19 bits per heavy atom. The smallest absolute Gasteiger partial charge is 0.248 e. The molecule has 0 radical (unpaired) electrons. The Balaban J connectivity index is 1.48. The van der Waals surface area contributed by atoms with Crippen LogP contribution in [0.5, 0.6) is 0 Å². The standard InChI is InChI=1S/C23H31N5O3/c1-16-13-23(30)26-21-4-3-18(14-20(16)21)25-22(27-9-11-31-12-10-27)5-7-24-17(2)28-8-6-19(29)15-28/h3-4,7,13-14,19,22,25,29H,2,5-6,8-12,15H2,1H3,(H,26,30). The highest BCUT2D eigenvalue weighted by molar-refractivity contribution is 5.85. The van der Waals surface area contributed by atoms with E-state index in [1.807, 2.05) is 30.2 Å². The number of nitrogens with one attached hydrogen (secondary N) is 2. The molecule has 2 fully saturated rings. The van der Waals surface area contributed by atoms with Crippen molar-refractivity contribution in [3.05, 3.63) is 52.6 Å². The molecule has 2 unspecified atom stereocenters. The van der Waals surface area contributed by atoms with E-state index < -0.39 is 0 Å². The second-order valence-electron chi connectivity index (χ2n) is 8.24. The van der Waals surface area contributed by atoms with Crippen molar-refractivity contribution >= 4 is 22.8 Å². The number of aryl methyl sites for hydroxylation is 1. The number of aliphatic hydroxyl groups excluding tert-OH is 1. The number of morpholine rings is 1. The minimum atomic E-state index is -0.291. The first-order valence-corrected chi connectivity index (χ1v) is 10.9. The first kappa shape index (κ1) is 21.5. The second-order valence-corrected chi connectivity index (χ2v) is 8.24. The fourth-order valence-electron chi connectivity index (χ4n) is 4.21. The number of hydrogen-bond acceptors (Lipinski definition) is 7. The number of pyridine rings is 1. The molecule has 2 aliphatic rings. The molecule has 31 heavy (non-hydrogen) atoms. The van der Waals surface area contributed by atoms with E-state index in [0.717, 1.165) is 48.2 Å². The summed E-state index contributed by atoms with van der Waals surface area (Å²) in [6, 6.07) is 7.64. The number of rotatable bonds is 7. The third-order valence-electron chi connectivity index (χ3n) is 5.97. The third-order valence-corrected chi connectivity index (χ3v) is 5.97. The lowest BCUT2D eigenvalue weighted by atomic mass is 10.1. The monoisotopic (exact) mass is 425 g/mol. The quantitative estimate of drug-likeness (QED) is 0.587. The Morgan fingerprint density at radius 1 is 1.39 bits per heavy atom. The molecule has 1 aromatic carbocycles. The van der Waals surface area contributed by atoms with Gasteiger partial charge in [0.2, 0.25) is 5.56 Å². The summed E-state index contributed by atoms with van der Waals surface area (Å²) in [7, 11) is 0. The van der Waals surface area contributed by atoms with Crippen LogP contribution in [0.25, 0.3) is 10.9 Å². The number of benzene rings is 1.